The minimum atomic E-state index is -4.14. The molecule has 0 radical (unpaired) electrons. The van der Waals surface area contributed by atoms with Crippen molar-refractivity contribution in [2.45, 2.75) is 97.0 Å². The lowest BCUT2D eigenvalue weighted by molar-refractivity contribution is -0.125. The standard InChI is InChI=1S/C41H56FN5O8S/c1-28(2)25-47(56(53,54)32-19-17-30(18-20-32)24-43-52)27-35(49)34(23-29-13-10-9-11-14-29)44-38(50)37(40(3,4)5)45-36-31(15-12-16-33(36)42)26-46(21-22-48)39(51)55-41(6,7)8/h9-20,22,24,28,34-35,37,45,49,52H,21,23,25-27H2,1-8H3,(H,44,50)/b43-24+/t34-,35+,37-/m0/s1. The molecule has 3 rings (SSSR count). The highest BCUT2D eigenvalue weighted by molar-refractivity contribution is 7.89. The van der Waals surface area contributed by atoms with Crippen LogP contribution in [0.4, 0.5) is 14.9 Å². The quantitative estimate of drug-likeness (QED) is 0.0534. The highest BCUT2D eigenvalue weighted by atomic mass is 32.2. The molecule has 13 nitrogen and oxygen atoms in total. The average molecular weight is 798 g/mol. The first-order valence-corrected chi connectivity index (χ1v) is 19.9. The number of nitrogens with one attached hydrogen (secondary N) is 2. The van der Waals surface area contributed by atoms with Gasteiger partial charge in [0.25, 0.3) is 0 Å². The summed E-state index contributed by atoms with van der Waals surface area (Å²) in [5.74, 6) is -1.42. The molecule has 0 saturated heterocycles. The molecule has 306 valence electrons. The Kier molecular flexibility index (Phi) is 16.1. The topological polar surface area (TPSA) is 178 Å². The van der Waals surface area contributed by atoms with Crippen LogP contribution in [0.5, 0.6) is 0 Å². The Labute approximate surface area is 330 Å². The molecule has 3 atom stereocenters. The van der Waals surface area contributed by atoms with Crippen LogP contribution in [0.2, 0.25) is 0 Å². The molecule has 15 heteroatoms. The summed E-state index contributed by atoms with van der Waals surface area (Å²) < 4.78 is 50.3. The number of para-hydroxylation sites is 1. The molecule has 3 aromatic rings. The Morgan fingerprint density at radius 1 is 0.946 bits per heavy atom. The third-order valence-corrected chi connectivity index (χ3v) is 10.4. The number of ether oxygens (including phenoxy) is 1. The van der Waals surface area contributed by atoms with Crippen LogP contribution in [0.1, 0.15) is 72.1 Å². The molecule has 3 aromatic carbocycles. The fourth-order valence-corrected chi connectivity index (χ4v) is 7.50. The van der Waals surface area contributed by atoms with Gasteiger partial charge in [0, 0.05) is 13.1 Å². The Hall–Kier alpha value is -4.86. The zero-order valence-corrected chi connectivity index (χ0v) is 34.2. The maximum absolute atomic E-state index is 15.7. The number of rotatable bonds is 18. The van der Waals surface area contributed by atoms with Crippen molar-refractivity contribution in [3.8, 4) is 0 Å². The maximum Gasteiger partial charge on any atom is 0.410 e. The van der Waals surface area contributed by atoms with E-state index in [1.165, 1.54) is 46.9 Å². The number of amides is 2. The number of anilines is 1. The van der Waals surface area contributed by atoms with Crippen molar-refractivity contribution >= 4 is 40.2 Å². The van der Waals surface area contributed by atoms with Crippen molar-refractivity contribution in [1.82, 2.24) is 14.5 Å². The summed E-state index contributed by atoms with van der Waals surface area (Å²) in [6.07, 6.45) is -0.329. The number of carbonyl (C=O) groups excluding carboxylic acids is 3. The van der Waals surface area contributed by atoms with Gasteiger partial charge in [0.1, 0.15) is 23.7 Å². The van der Waals surface area contributed by atoms with Crippen LogP contribution < -0.4 is 10.6 Å². The number of aldehydes is 1. The summed E-state index contributed by atoms with van der Waals surface area (Å²) in [4.78, 5) is 40.0. The maximum atomic E-state index is 15.7. The fraction of sp³-hybridized carbons (Fsp3) is 0.463. The molecule has 4 N–H and O–H groups in total. The van der Waals surface area contributed by atoms with E-state index in [0.29, 0.717) is 11.8 Å². The number of benzene rings is 3. The second kappa shape index (κ2) is 19.8. The van der Waals surface area contributed by atoms with Crippen molar-refractivity contribution in [3.05, 3.63) is 95.3 Å². The predicted octanol–water partition coefficient (Wildman–Crippen LogP) is 5.83. The minimum absolute atomic E-state index is 0.0276. The highest BCUT2D eigenvalue weighted by Gasteiger charge is 2.37. The van der Waals surface area contributed by atoms with Crippen molar-refractivity contribution in [2.75, 3.05) is 25.0 Å². The Morgan fingerprint density at radius 2 is 1.59 bits per heavy atom. The summed E-state index contributed by atoms with van der Waals surface area (Å²) in [6, 6.07) is 17.0. The Balaban J connectivity index is 1.99. The van der Waals surface area contributed by atoms with E-state index in [-0.39, 0.29) is 54.7 Å². The van der Waals surface area contributed by atoms with Crippen molar-refractivity contribution < 1.29 is 42.2 Å². The number of aliphatic hydroxyl groups is 1. The zero-order chi connectivity index (χ0) is 41.8. The van der Waals surface area contributed by atoms with Gasteiger partial charge in [0.15, 0.2) is 0 Å². The second-order valence-corrected chi connectivity index (χ2v) is 18.1. The van der Waals surface area contributed by atoms with Gasteiger partial charge in [-0.05, 0) is 73.4 Å². The second-order valence-electron chi connectivity index (χ2n) is 16.1. The smallest absolute Gasteiger partial charge is 0.410 e. The lowest BCUT2D eigenvalue weighted by atomic mass is 9.85. The van der Waals surface area contributed by atoms with Gasteiger partial charge in [0.05, 0.1) is 42.0 Å². The van der Waals surface area contributed by atoms with Crippen LogP contribution in [0.3, 0.4) is 0 Å². The normalized spacial score (nSPS) is 14.0. The van der Waals surface area contributed by atoms with Gasteiger partial charge in [-0.3, -0.25) is 9.69 Å². The Morgan fingerprint density at radius 3 is 2.14 bits per heavy atom. The van der Waals surface area contributed by atoms with Crippen LogP contribution in [0, 0.1) is 17.2 Å². The lowest BCUT2D eigenvalue weighted by Crippen LogP contribution is -2.56. The molecule has 0 saturated carbocycles. The van der Waals surface area contributed by atoms with Gasteiger partial charge in [-0.2, -0.15) is 4.31 Å². The van der Waals surface area contributed by atoms with Gasteiger partial charge in [-0.1, -0.05) is 94.4 Å². The van der Waals surface area contributed by atoms with Crippen LogP contribution >= 0.6 is 0 Å². The van der Waals surface area contributed by atoms with E-state index < -0.39 is 57.0 Å². The van der Waals surface area contributed by atoms with E-state index in [2.05, 4.69) is 15.8 Å². The molecule has 0 unspecified atom stereocenters. The van der Waals surface area contributed by atoms with E-state index >= 15 is 4.39 Å². The van der Waals surface area contributed by atoms with Crippen LogP contribution in [0.25, 0.3) is 0 Å². The molecule has 0 aliphatic heterocycles. The summed E-state index contributed by atoms with van der Waals surface area (Å²) in [7, 11) is -4.14. The number of hydrogen-bond donors (Lipinski definition) is 4. The minimum Gasteiger partial charge on any atom is -0.444 e. The van der Waals surface area contributed by atoms with Gasteiger partial charge < -0.3 is 30.5 Å². The number of carbonyl (C=O) groups is 3. The van der Waals surface area contributed by atoms with E-state index in [1.807, 2.05) is 44.2 Å². The highest BCUT2D eigenvalue weighted by Crippen LogP contribution is 2.29. The monoisotopic (exact) mass is 797 g/mol. The molecule has 56 heavy (non-hydrogen) atoms. The molecule has 0 heterocycles. The molecular weight excluding hydrogens is 742 g/mol. The summed E-state index contributed by atoms with van der Waals surface area (Å²) in [6.45, 7) is 13.3. The molecule has 0 aliphatic rings. The van der Waals surface area contributed by atoms with E-state index in [1.54, 1.807) is 47.6 Å². The summed E-state index contributed by atoms with van der Waals surface area (Å²) >= 11 is 0. The van der Waals surface area contributed by atoms with Gasteiger partial charge in [-0.25, -0.2) is 17.6 Å². The fourth-order valence-electron chi connectivity index (χ4n) is 5.88. The first kappa shape index (κ1) is 45.5. The van der Waals surface area contributed by atoms with Crippen LogP contribution in [-0.2, 0) is 37.3 Å². The van der Waals surface area contributed by atoms with Gasteiger partial charge >= 0.3 is 6.09 Å². The zero-order valence-electron chi connectivity index (χ0n) is 33.4. The Bertz CT molecular complexity index is 1900. The van der Waals surface area contributed by atoms with Crippen molar-refractivity contribution in [2.24, 2.45) is 16.5 Å². The number of oxime groups is 1. The molecule has 0 spiro atoms. The molecule has 0 fully saturated rings. The number of aliphatic hydroxyl groups excluding tert-OH is 1. The van der Waals surface area contributed by atoms with E-state index in [9.17, 15) is 27.9 Å². The SMILES string of the molecule is CC(C)CN(C[C@@H](O)[C@H](Cc1ccccc1)NC(=O)[C@H](Nc1c(F)cccc1CN(CC=O)C(=O)OC(C)(C)C)C(C)(C)C)S(=O)(=O)c1ccc(/C=N/O)cc1. The van der Waals surface area contributed by atoms with Crippen LogP contribution in [0.15, 0.2) is 82.8 Å². The van der Waals surface area contributed by atoms with Gasteiger partial charge in [0.2, 0.25) is 15.9 Å². The number of sulfonamides is 1. The largest absolute Gasteiger partial charge is 0.444 e. The van der Waals surface area contributed by atoms with Crippen molar-refractivity contribution in [1.29, 1.82) is 0 Å². The van der Waals surface area contributed by atoms with Crippen LogP contribution in [-0.4, -0.2) is 95.9 Å². The summed E-state index contributed by atoms with van der Waals surface area (Å²) in [5.41, 5.74) is -0.224. The number of nitrogens with zero attached hydrogens (tertiary/aromatic N) is 3. The van der Waals surface area contributed by atoms with Gasteiger partial charge in [-0.15, -0.1) is 0 Å². The first-order chi connectivity index (χ1) is 26.2. The molecular formula is C41H56FN5O8S. The summed E-state index contributed by atoms with van der Waals surface area (Å²) in [5, 5.41) is 29.7. The third-order valence-electron chi connectivity index (χ3n) is 8.60. The lowest BCUT2D eigenvalue weighted by Gasteiger charge is -2.35. The number of hydrogen-bond acceptors (Lipinski definition) is 10. The molecule has 2 amide bonds. The molecule has 0 aliphatic carbocycles. The predicted molar refractivity (Wildman–Crippen MR) is 213 cm³/mol. The molecule has 0 bridgehead atoms. The third kappa shape index (κ3) is 13.4. The average Bonchev–Trinajstić information content (AvgIpc) is 3.10. The number of halogens is 1. The van der Waals surface area contributed by atoms with Crippen molar-refractivity contribution in [3.63, 3.8) is 0 Å². The molecule has 0 aromatic heterocycles. The first-order valence-electron chi connectivity index (χ1n) is 18.4. The van der Waals surface area contributed by atoms with E-state index in [0.717, 1.165) is 10.5 Å². The van der Waals surface area contributed by atoms with E-state index in [4.69, 9.17) is 9.94 Å².